The largest absolute Gasteiger partial charge is 0.469 e. The number of halogens is 2. The van der Waals surface area contributed by atoms with Gasteiger partial charge in [-0.15, -0.1) is 13.2 Å². The van der Waals surface area contributed by atoms with E-state index >= 15 is 0 Å². The zero-order valence-corrected chi connectivity index (χ0v) is 16.7. The number of alkyl halides is 2. The van der Waals surface area contributed by atoms with Gasteiger partial charge in [-0.3, -0.25) is 9.59 Å². The number of nitrogens with zero attached hydrogens (tertiary/aromatic N) is 1. The first-order chi connectivity index (χ1) is 11.5. The van der Waals surface area contributed by atoms with Crippen LogP contribution < -0.4 is 0 Å². The van der Waals surface area contributed by atoms with Crippen LogP contribution in [0.15, 0.2) is 36.5 Å². The van der Waals surface area contributed by atoms with Gasteiger partial charge in [0.2, 0.25) is 5.91 Å². The number of amides is 1. The molecular weight excluding hydrogens is 377 g/mol. The summed E-state index contributed by atoms with van der Waals surface area (Å²) < 4.78 is 17.3. The molecule has 0 aliphatic carbocycles. The van der Waals surface area contributed by atoms with Crippen molar-refractivity contribution in [3.8, 4) is 0 Å². The van der Waals surface area contributed by atoms with Gasteiger partial charge >= 0.3 is 5.97 Å². The van der Waals surface area contributed by atoms with E-state index in [2.05, 4.69) is 29.1 Å². The maximum atomic E-state index is 12.6. The number of likely N-dealkylation sites (tertiary alicyclic amines) is 1. The number of hydrogen-bond acceptors (Lipinski definition) is 3. The van der Waals surface area contributed by atoms with E-state index in [-0.39, 0.29) is 24.3 Å². The van der Waals surface area contributed by atoms with Crippen LogP contribution in [-0.2, 0) is 14.3 Å². The second kappa shape index (κ2) is 15.1. The fraction of sp³-hybridized carbons (Fsp3) is 0.556. The van der Waals surface area contributed by atoms with Crippen molar-refractivity contribution in [2.75, 3.05) is 26.2 Å². The monoisotopic (exact) mass is 405 g/mol. The Morgan fingerprint density at radius 2 is 1.96 bits per heavy atom. The number of piperidine rings is 1. The van der Waals surface area contributed by atoms with Crippen LogP contribution in [0.5, 0.6) is 0 Å². The summed E-state index contributed by atoms with van der Waals surface area (Å²) >= 11 is 2.94. The molecule has 0 aromatic carbocycles. The summed E-state index contributed by atoms with van der Waals surface area (Å²) in [5.74, 6) is 1.36. The summed E-state index contributed by atoms with van der Waals surface area (Å²) in [4.78, 5) is 25.0. The van der Waals surface area contributed by atoms with Gasteiger partial charge in [0.25, 0.3) is 0 Å². The zero-order valence-electron chi connectivity index (χ0n) is 15.1. The van der Waals surface area contributed by atoms with E-state index in [0.717, 1.165) is 17.6 Å². The van der Waals surface area contributed by atoms with Crippen LogP contribution >= 0.6 is 15.9 Å². The minimum Gasteiger partial charge on any atom is -0.469 e. The highest BCUT2D eigenvalue weighted by molar-refractivity contribution is 9.08. The van der Waals surface area contributed by atoms with Crippen LogP contribution in [0.3, 0.4) is 0 Å². The Bertz CT molecular complexity index is 450. The van der Waals surface area contributed by atoms with Gasteiger partial charge in [-0.1, -0.05) is 35.0 Å². The molecule has 1 saturated heterocycles. The molecule has 1 atom stereocenters. The number of allylic oxidation sites excluding steroid dienone is 2. The highest BCUT2D eigenvalue weighted by Gasteiger charge is 2.32. The van der Waals surface area contributed by atoms with E-state index in [9.17, 15) is 14.0 Å². The first-order valence-electron chi connectivity index (χ1n) is 7.72. The summed E-state index contributed by atoms with van der Waals surface area (Å²) in [7, 11) is 1.32. The fourth-order valence-corrected chi connectivity index (χ4v) is 2.56. The lowest BCUT2D eigenvalue weighted by Gasteiger charge is -2.38. The second-order valence-electron chi connectivity index (χ2n) is 4.71. The van der Waals surface area contributed by atoms with E-state index in [1.807, 2.05) is 18.8 Å². The molecule has 24 heavy (non-hydrogen) atoms. The Kier molecular flexibility index (Phi) is 15.6. The van der Waals surface area contributed by atoms with E-state index < -0.39 is 6.67 Å². The van der Waals surface area contributed by atoms with Crippen molar-refractivity contribution in [2.24, 2.45) is 0 Å². The van der Waals surface area contributed by atoms with E-state index in [4.69, 9.17) is 4.74 Å². The number of carbonyl (C=O) groups excluding carboxylic acids is 2. The van der Waals surface area contributed by atoms with Crippen molar-refractivity contribution in [2.45, 2.75) is 39.2 Å². The Balaban J connectivity index is 0. The third kappa shape index (κ3) is 7.90. The molecule has 0 aromatic heterocycles. The van der Waals surface area contributed by atoms with Crippen molar-refractivity contribution in [3.63, 3.8) is 0 Å². The van der Waals surface area contributed by atoms with Crippen LogP contribution in [0.4, 0.5) is 4.39 Å². The minimum atomic E-state index is -0.540. The quantitative estimate of drug-likeness (QED) is 0.399. The van der Waals surface area contributed by atoms with Crippen molar-refractivity contribution in [3.05, 3.63) is 36.5 Å². The first-order valence-corrected chi connectivity index (χ1v) is 9.30. The molecule has 0 bridgehead atoms. The summed E-state index contributed by atoms with van der Waals surface area (Å²) in [6.45, 7) is 9.42. The molecular formula is C18H29BrFNO3. The summed E-state index contributed by atoms with van der Waals surface area (Å²) in [6, 6.07) is -0.355. The maximum Gasteiger partial charge on any atom is 0.307 e. The lowest BCUT2D eigenvalue weighted by atomic mass is 9.87. The lowest BCUT2D eigenvalue weighted by Crippen LogP contribution is -2.46. The van der Waals surface area contributed by atoms with E-state index in [0.29, 0.717) is 13.0 Å². The fourth-order valence-electron chi connectivity index (χ4n) is 2.56. The molecule has 1 rings (SSSR count). The number of methoxy groups -OCH3 is 1. The van der Waals surface area contributed by atoms with E-state index in [1.54, 1.807) is 4.90 Å². The third-order valence-corrected chi connectivity index (χ3v) is 3.47. The number of hydrogen-bond donors (Lipinski definition) is 0. The normalized spacial score (nSPS) is 19.8. The number of carbonyl (C=O) groups is 2. The number of esters is 1. The highest BCUT2D eigenvalue weighted by Crippen LogP contribution is 2.31. The topological polar surface area (TPSA) is 46.6 Å². The van der Waals surface area contributed by atoms with E-state index in [1.165, 1.54) is 20.1 Å². The molecule has 0 N–H and O–H groups in total. The van der Waals surface area contributed by atoms with Crippen molar-refractivity contribution >= 4 is 27.8 Å². The molecule has 1 heterocycles. The van der Waals surface area contributed by atoms with Gasteiger partial charge in [-0.05, 0) is 29.8 Å². The molecule has 6 heteroatoms. The predicted octanol–water partition coefficient (Wildman–Crippen LogP) is 4.22. The Morgan fingerprint density at radius 3 is 2.38 bits per heavy atom. The molecule has 1 amide bonds. The van der Waals surface area contributed by atoms with Crippen molar-refractivity contribution < 1.29 is 18.7 Å². The smallest absolute Gasteiger partial charge is 0.307 e. The summed E-state index contributed by atoms with van der Waals surface area (Å²) in [5.41, 5.74) is 1.76. The van der Waals surface area contributed by atoms with Gasteiger partial charge in [-0.25, -0.2) is 4.39 Å². The van der Waals surface area contributed by atoms with Crippen molar-refractivity contribution in [1.29, 1.82) is 0 Å². The van der Waals surface area contributed by atoms with Crippen LogP contribution in [0.1, 0.15) is 33.1 Å². The molecule has 0 radical (unpaired) electrons. The predicted molar refractivity (Wildman–Crippen MR) is 101 cm³/mol. The van der Waals surface area contributed by atoms with Gasteiger partial charge < -0.3 is 9.64 Å². The Hall–Kier alpha value is -1.43. The molecule has 138 valence electrons. The summed E-state index contributed by atoms with van der Waals surface area (Å²) in [5, 5.41) is 0. The molecule has 1 unspecified atom stereocenters. The molecule has 4 nitrogen and oxygen atoms in total. The lowest BCUT2D eigenvalue weighted by molar-refractivity contribution is -0.143. The minimum absolute atomic E-state index is 0.0831. The first kappa shape index (κ1) is 24.8. The van der Waals surface area contributed by atoms with Crippen LogP contribution in [-0.4, -0.2) is 49.0 Å². The zero-order chi connectivity index (χ0) is 19.1. The van der Waals surface area contributed by atoms with Gasteiger partial charge in [0, 0.05) is 13.5 Å². The molecule has 0 saturated carbocycles. The summed E-state index contributed by atoms with van der Waals surface area (Å²) in [6.07, 6.45) is 4.98. The number of ether oxygens (including phenoxy) is 1. The number of rotatable bonds is 4. The standard InChI is InChI=1S/C15H22FNO3.C2H4.CH3Br/c1-4-5-13-12(6-8-16)7-9-17(11(2)18)14(13)10-15(19)20-3;2*1-2/h5-6,14H,4,7-10H2,1-3H3;1-2H2;1H3/b12-6-,13-5+;;. The Morgan fingerprint density at radius 1 is 1.38 bits per heavy atom. The molecule has 0 spiro atoms. The molecule has 1 aliphatic heterocycles. The average molecular weight is 406 g/mol. The van der Waals surface area contributed by atoms with Gasteiger partial charge in [0.15, 0.2) is 0 Å². The SMILES string of the molecule is C=C.CBr.CC/C=C1\C(=C/CF)CCN(C(C)=O)C1CC(=O)OC. The second-order valence-corrected chi connectivity index (χ2v) is 4.71. The molecule has 1 aliphatic rings. The maximum absolute atomic E-state index is 12.6. The highest BCUT2D eigenvalue weighted by atomic mass is 79.9. The van der Waals surface area contributed by atoms with Gasteiger partial charge in [0.05, 0.1) is 19.6 Å². The molecule has 0 aromatic rings. The molecule has 1 fully saturated rings. The average Bonchev–Trinajstić information content (AvgIpc) is 2.61. The third-order valence-electron chi connectivity index (χ3n) is 3.47. The van der Waals surface area contributed by atoms with Gasteiger partial charge in [0.1, 0.15) is 6.67 Å². The van der Waals surface area contributed by atoms with Crippen LogP contribution in [0.25, 0.3) is 0 Å². The van der Waals surface area contributed by atoms with Crippen LogP contribution in [0.2, 0.25) is 0 Å². The Labute approximate surface area is 153 Å². The van der Waals surface area contributed by atoms with Crippen LogP contribution in [0, 0.1) is 0 Å². The van der Waals surface area contributed by atoms with Crippen molar-refractivity contribution in [1.82, 2.24) is 4.90 Å². The van der Waals surface area contributed by atoms with Gasteiger partial charge in [-0.2, -0.15) is 0 Å².